The number of thiophene rings is 1. The quantitative estimate of drug-likeness (QED) is 0.644. The predicted molar refractivity (Wildman–Crippen MR) is 70.3 cm³/mol. The largest absolute Gasteiger partial charge is 0.398 e. The number of aliphatic hydroxyl groups excluding tert-OH is 1. The summed E-state index contributed by atoms with van der Waals surface area (Å²) >= 11 is 1.40. The molecule has 3 N–H and O–H groups in total. The fourth-order valence-corrected chi connectivity index (χ4v) is 2.47. The second kappa shape index (κ2) is 5.12. The van der Waals surface area contributed by atoms with E-state index < -0.39 is 0 Å². The molecule has 17 heavy (non-hydrogen) atoms. The molecule has 1 heterocycles. The molecule has 0 atom stereocenters. The molecule has 0 fully saturated rings. The fourth-order valence-electron chi connectivity index (χ4n) is 1.76. The van der Waals surface area contributed by atoms with E-state index in [4.69, 9.17) is 10.8 Å². The summed E-state index contributed by atoms with van der Waals surface area (Å²) in [5, 5.41) is 10.9. The van der Waals surface area contributed by atoms with Gasteiger partial charge in [0.2, 0.25) is 0 Å². The molecule has 0 saturated carbocycles. The van der Waals surface area contributed by atoms with Crippen LogP contribution < -0.4 is 5.73 Å². The number of hydrogen-bond donors (Lipinski definition) is 2. The minimum atomic E-state index is 0.0802. The zero-order chi connectivity index (χ0) is 12.3. The van der Waals surface area contributed by atoms with Crippen molar-refractivity contribution in [2.24, 2.45) is 0 Å². The molecule has 1 aromatic carbocycles. The number of para-hydroxylation sites is 1. The standard InChI is InChI=1S/C13H13NO2S/c14-13-9(4-5-15)2-1-3-12(13)10-6-11(7-16)17-8-10/h1-3,6-8,15H,4-5,14H2. The summed E-state index contributed by atoms with van der Waals surface area (Å²) in [4.78, 5) is 11.3. The second-order valence-corrected chi connectivity index (χ2v) is 4.65. The van der Waals surface area contributed by atoms with Gasteiger partial charge in [-0.05, 0) is 29.0 Å². The normalized spacial score (nSPS) is 10.4. The van der Waals surface area contributed by atoms with Crippen molar-refractivity contribution < 1.29 is 9.90 Å². The minimum Gasteiger partial charge on any atom is -0.398 e. The summed E-state index contributed by atoms with van der Waals surface area (Å²) in [6.45, 7) is 0.0802. The minimum absolute atomic E-state index is 0.0802. The van der Waals surface area contributed by atoms with Crippen molar-refractivity contribution in [1.82, 2.24) is 0 Å². The third kappa shape index (κ3) is 2.38. The van der Waals surface area contributed by atoms with Gasteiger partial charge in [0.25, 0.3) is 0 Å². The van der Waals surface area contributed by atoms with Crippen molar-refractivity contribution >= 4 is 23.3 Å². The molecule has 0 bridgehead atoms. The number of benzene rings is 1. The molecule has 0 unspecified atom stereocenters. The molecule has 0 aliphatic rings. The Morgan fingerprint density at radius 2 is 2.24 bits per heavy atom. The molecule has 1 aromatic heterocycles. The Bertz CT molecular complexity index is 534. The number of rotatable bonds is 4. The van der Waals surface area contributed by atoms with Gasteiger partial charge in [0.1, 0.15) is 0 Å². The van der Waals surface area contributed by atoms with Crippen LogP contribution in [0.1, 0.15) is 15.2 Å². The number of aliphatic hydroxyl groups is 1. The zero-order valence-electron chi connectivity index (χ0n) is 9.22. The van der Waals surface area contributed by atoms with Gasteiger partial charge in [-0.3, -0.25) is 4.79 Å². The number of carbonyl (C=O) groups excluding carboxylic acids is 1. The van der Waals surface area contributed by atoms with E-state index in [2.05, 4.69) is 0 Å². The van der Waals surface area contributed by atoms with Crippen molar-refractivity contribution in [1.29, 1.82) is 0 Å². The van der Waals surface area contributed by atoms with Gasteiger partial charge in [0, 0.05) is 17.9 Å². The van der Waals surface area contributed by atoms with Crippen molar-refractivity contribution in [2.75, 3.05) is 12.3 Å². The number of anilines is 1. The lowest BCUT2D eigenvalue weighted by atomic mass is 10.0. The molecular formula is C13H13NO2S. The van der Waals surface area contributed by atoms with Crippen molar-refractivity contribution in [3.8, 4) is 11.1 Å². The van der Waals surface area contributed by atoms with Gasteiger partial charge in [0.15, 0.2) is 6.29 Å². The van der Waals surface area contributed by atoms with Crippen LogP contribution in [0.2, 0.25) is 0 Å². The molecule has 2 aromatic rings. The van der Waals surface area contributed by atoms with E-state index >= 15 is 0 Å². The highest BCUT2D eigenvalue weighted by Gasteiger charge is 2.08. The van der Waals surface area contributed by atoms with Crippen LogP contribution in [0, 0.1) is 0 Å². The molecule has 2 rings (SSSR count). The summed E-state index contributed by atoms with van der Waals surface area (Å²) in [6, 6.07) is 7.57. The van der Waals surface area contributed by atoms with Crippen LogP contribution in [0.3, 0.4) is 0 Å². The van der Waals surface area contributed by atoms with Crippen molar-refractivity contribution in [3.05, 3.63) is 40.1 Å². The topological polar surface area (TPSA) is 63.3 Å². The Hall–Kier alpha value is -1.65. The number of nitrogens with two attached hydrogens (primary N) is 1. The van der Waals surface area contributed by atoms with Gasteiger partial charge >= 0.3 is 0 Å². The maximum absolute atomic E-state index is 10.7. The molecule has 0 aliphatic carbocycles. The maximum atomic E-state index is 10.7. The number of hydrogen-bond acceptors (Lipinski definition) is 4. The number of aldehydes is 1. The van der Waals surface area contributed by atoms with Crippen LogP contribution in [-0.2, 0) is 6.42 Å². The summed E-state index contributed by atoms with van der Waals surface area (Å²) in [6.07, 6.45) is 1.38. The van der Waals surface area contributed by atoms with Gasteiger partial charge in [-0.2, -0.15) is 0 Å². The Morgan fingerprint density at radius 1 is 1.41 bits per heavy atom. The third-order valence-electron chi connectivity index (χ3n) is 2.62. The van der Waals surface area contributed by atoms with E-state index in [9.17, 15) is 4.79 Å². The van der Waals surface area contributed by atoms with Gasteiger partial charge in [0.05, 0.1) is 4.88 Å². The first-order valence-electron chi connectivity index (χ1n) is 5.28. The van der Waals surface area contributed by atoms with Crippen LogP contribution in [0.15, 0.2) is 29.6 Å². The Kier molecular flexibility index (Phi) is 3.56. The average Bonchev–Trinajstić information content (AvgIpc) is 2.80. The van der Waals surface area contributed by atoms with Gasteiger partial charge in [-0.15, -0.1) is 11.3 Å². The smallest absolute Gasteiger partial charge is 0.160 e. The lowest BCUT2D eigenvalue weighted by Gasteiger charge is -2.08. The second-order valence-electron chi connectivity index (χ2n) is 3.71. The number of carbonyl (C=O) groups is 1. The van der Waals surface area contributed by atoms with Gasteiger partial charge in [-0.1, -0.05) is 18.2 Å². The highest BCUT2D eigenvalue weighted by molar-refractivity contribution is 7.12. The van der Waals surface area contributed by atoms with Crippen molar-refractivity contribution in [2.45, 2.75) is 6.42 Å². The van der Waals surface area contributed by atoms with Gasteiger partial charge < -0.3 is 10.8 Å². The maximum Gasteiger partial charge on any atom is 0.160 e. The SMILES string of the molecule is Nc1c(CCO)cccc1-c1csc(C=O)c1. The van der Waals surface area contributed by atoms with E-state index in [1.165, 1.54) is 11.3 Å². The molecule has 0 amide bonds. The summed E-state index contributed by atoms with van der Waals surface area (Å²) in [5.74, 6) is 0. The molecule has 0 aliphatic heterocycles. The van der Waals surface area contributed by atoms with Gasteiger partial charge in [-0.25, -0.2) is 0 Å². The van der Waals surface area contributed by atoms with Crippen molar-refractivity contribution in [3.63, 3.8) is 0 Å². The molecule has 88 valence electrons. The predicted octanol–water partition coefficient (Wildman–Crippen LogP) is 2.34. The first kappa shape index (κ1) is 11.8. The van der Waals surface area contributed by atoms with E-state index in [1.807, 2.05) is 29.6 Å². The molecule has 0 radical (unpaired) electrons. The Balaban J connectivity index is 2.44. The highest BCUT2D eigenvalue weighted by Crippen LogP contribution is 2.31. The first-order valence-corrected chi connectivity index (χ1v) is 6.16. The third-order valence-corrected chi connectivity index (χ3v) is 3.48. The Morgan fingerprint density at radius 3 is 2.88 bits per heavy atom. The summed E-state index contributed by atoms with van der Waals surface area (Å²) < 4.78 is 0. The van der Waals surface area contributed by atoms with Crippen LogP contribution in [-0.4, -0.2) is 18.0 Å². The number of nitrogen functional groups attached to an aromatic ring is 1. The van der Waals surface area contributed by atoms with E-state index in [1.54, 1.807) is 0 Å². The molecular weight excluding hydrogens is 234 g/mol. The van der Waals surface area contributed by atoms with Crippen LogP contribution in [0.25, 0.3) is 11.1 Å². The highest BCUT2D eigenvalue weighted by atomic mass is 32.1. The van der Waals surface area contributed by atoms with Crippen LogP contribution in [0.5, 0.6) is 0 Å². The molecule has 0 saturated heterocycles. The van der Waals surface area contributed by atoms with E-state index in [0.717, 1.165) is 23.0 Å². The zero-order valence-corrected chi connectivity index (χ0v) is 10.0. The summed E-state index contributed by atoms with van der Waals surface area (Å²) in [7, 11) is 0. The van der Waals surface area contributed by atoms with Crippen LogP contribution in [0.4, 0.5) is 5.69 Å². The summed E-state index contributed by atoms with van der Waals surface area (Å²) in [5.41, 5.74) is 9.54. The van der Waals surface area contributed by atoms with Crippen LogP contribution >= 0.6 is 11.3 Å². The lowest BCUT2D eigenvalue weighted by molar-refractivity contribution is 0.112. The average molecular weight is 247 g/mol. The van der Waals surface area contributed by atoms with E-state index in [0.29, 0.717) is 17.0 Å². The lowest BCUT2D eigenvalue weighted by Crippen LogP contribution is -1.99. The van der Waals surface area contributed by atoms with E-state index in [-0.39, 0.29) is 6.61 Å². The monoisotopic (exact) mass is 247 g/mol. The molecule has 3 nitrogen and oxygen atoms in total. The molecule has 0 spiro atoms. The fraction of sp³-hybridized carbons (Fsp3) is 0.154. The first-order chi connectivity index (χ1) is 8.26. The molecule has 4 heteroatoms. The Labute approximate surface area is 104 Å².